The van der Waals surface area contributed by atoms with Gasteiger partial charge in [0.1, 0.15) is 6.54 Å². The lowest BCUT2D eigenvalue weighted by Crippen LogP contribution is -2.34. The summed E-state index contributed by atoms with van der Waals surface area (Å²) in [5.74, 6) is -9.05. The van der Waals surface area contributed by atoms with Crippen LogP contribution in [0.5, 0.6) is 0 Å². The maximum atomic E-state index is 14.0. The molecule has 0 fully saturated rings. The van der Waals surface area contributed by atoms with E-state index in [4.69, 9.17) is 0 Å². The minimum Gasteiger partial charge on any atom is -0.351 e. The zero-order chi connectivity index (χ0) is 56.9. The fourth-order valence-corrected chi connectivity index (χ4v) is 10.9. The van der Waals surface area contributed by atoms with E-state index in [1.807, 2.05) is 0 Å². The highest BCUT2D eigenvalue weighted by Crippen LogP contribution is 2.50. The summed E-state index contributed by atoms with van der Waals surface area (Å²) < 4.78 is 197. The van der Waals surface area contributed by atoms with E-state index in [1.54, 1.807) is 27.7 Å². The van der Waals surface area contributed by atoms with Crippen LogP contribution < -0.4 is 26.2 Å². The van der Waals surface area contributed by atoms with Gasteiger partial charge in [-0.15, -0.1) is 0 Å². The highest BCUT2D eigenvalue weighted by atomic mass is 32.2. The first kappa shape index (κ1) is 62.3. The van der Waals surface area contributed by atoms with Crippen molar-refractivity contribution < 1.29 is 102 Å². The first-order valence-corrected chi connectivity index (χ1v) is 31.8. The fraction of sp³-hybridized carbons (Fsp3) is 0.488. The fourth-order valence-electron chi connectivity index (χ4n) is 8.49. The molecule has 0 atom stereocenters. The third-order valence-electron chi connectivity index (χ3n) is 11.6. The zero-order valence-corrected chi connectivity index (χ0v) is 45.4. The molecule has 0 aliphatic carbocycles. The molecule has 0 unspecified atom stereocenters. The summed E-state index contributed by atoms with van der Waals surface area (Å²) in [5.41, 5.74) is -2.61. The average Bonchev–Trinajstić information content (AvgIpc) is 3.58. The minimum absolute atomic E-state index is 0.0949. The highest BCUT2D eigenvalue weighted by molar-refractivity contribution is 7.87. The number of allylic oxidation sites excluding steroid dienone is 4. The highest BCUT2D eigenvalue weighted by Gasteiger charge is 2.48. The number of amides is 4. The van der Waals surface area contributed by atoms with Gasteiger partial charge in [-0.1, -0.05) is 19.9 Å². The molecule has 0 saturated heterocycles. The lowest BCUT2D eigenvalue weighted by atomic mass is 9.78. The number of fused-ring (bicyclic) bond motifs is 2. The largest absolute Gasteiger partial charge is 0.351 e. The molecule has 0 radical (unpaired) electrons. The van der Waals surface area contributed by atoms with Gasteiger partial charge in [0, 0.05) is 90.3 Å². The number of anilines is 1. The molecule has 418 valence electrons. The molecule has 0 aromatic heterocycles. The average molecular weight is 1180 g/mol. The Balaban J connectivity index is 2.01. The van der Waals surface area contributed by atoms with Crippen molar-refractivity contribution in [3.8, 4) is 0 Å². The van der Waals surface area contributed by atoms with Crippen molar-refractivity contribution in [1.82, 2.24) is 21.3 Å². The van der Waals surface area contributed by atoms with Gasteiger partial charge < -0.3 is 26.2 Å². The number of carbonyl (C=O) groups excluding carboxylic acids is 4. The van der Waals surface area contributed by atoms with E-state index in [-0.39, 0.29) is 82.1 Å². The molecule has 2 aliphatic rings. The molecule has 2 aromatic carbocycles. The number of hydrogen-bond acceptors (Lipinski definition) is 17. The maximum Gasteiger partial charge on any atom is 0.266 e. The SMILES string of the molecule is CC1(C)C(/C=C/C=C2/N(CCCS(=O)(=O)O)c3cc(C(=O)NCCS(=O)(=O)O)cc(C(=O)NCCS(=O)(=O)O)c3C2(C)C)=[N+](CCCS(=O)(=O)O)c2cc(C(=O)NCCS(=O)(=O)O)cc(C(=O)NCCS(=O)(=O)O)c21. The van der Waals surface area contributed by atoms with Crippen LogP contribution >= 0.6 is 0 Å². The van der Waals surface area contributed by atoms with Crippen LogP contribution in [0.4, 0.5) is 11.4 Å². The Morgan fingerprint density at radius 2 is 0.907 bits per heavy atom. The number of nitrogens with zero attached hydrogens (tertiary/aromatic N) is 2. The summed E-state index contributed by atoms with van der Waals surface area (Å²) in [5, 5.41) is 9.31. The topological polar surface area (TPSA) is 449 Å². The number of nitrogens with one attached hydrogen (secondary N) is 4. The number of carbonyl (C=O) groups is 4. The molecule has 10 N–H and O–H groups in total. The van der Waals surface area contributed by atoms with Gasteiger partial charge in [0.25, 0.3) is 84.3 Å². The van der Waals surface area contributed by atoms with Gasteiger partial charge in [0.05, 0.1) is 51.1 Å². The van der Waals surface area contributed by atoms with Gasteiger partial charge in [0.15, 0.2) is 5.71 Å². The van der Waals surface area contributed by atoms with E-state index in [1.165, 1.54) is 39.8 Å². The van der Waals surface area contributed by atoms with Gasteiger partial charge in [0.2, 0.25) is 5.69 Å². The van der Waals surface area contributed by atoms with Crippen LogP contribution in [0.15, 0.2) is 48.2 Å². The Morgan fingerprint density at radius 3 is 1.33 bits per heavy atom. The maximum absolute atomic E-state index is 14.0. The minimum atomic E-state index is -4.59. The molecule has 2 aliphatic heterocycles. The summed E-state index contributed by atoms with van der Waals surface area (Å²) in [6.45, 7) is 3.57. The van der Waals surface area contributed by atoms with Gasteiger partial charge in [-0.2, -0.15) is 55.1 Å². The monoisotopic (exact) mass is 1180 g/mol. The summed E-state index contributed by atoms with van der Waals surface area (Å²) in [4.78, 5) is 56.5. The van der Waals surface area contributed by atoms with Crippen LogP contribution in [0, 0.1) is 0 Å². The molecule has 34 heteroatoms. The van der Waals surface area contributed by atoms with E-state index in [0.29, 0.717) is 0 Å². The van der Waals surface area contributed by atoms with E-state index in [9.17, 15) is 97.0 Å². The molecular formula is C41H57N6O22S6+. The molecule has 0 spiro atoms. The number of hydrogen-bond donors (Lipinski definition) is 10. The van der Waals surface area contributed by atoms with Crippen LogP contribution in [0.3, 0.4) is 0 Å². The second-order valence-corrected chi connectivity index (χ2v) is 27.6. The summed E-state index contributed by atoms with van der Waals surface area (Å²) in [6.07, 6.45) is 3.90. The quantitative estimate of drug-likeness (QED) is 0.0412. The molecule has 75 heavy (non-hydrogen) atoms. The normalized spacial score (nSPS) is 16.2. The van der Waals surface area contributed by atoms with E-state index >= 15 is 0 Å². The Labute approximate surface area is 433 Å². The third kappa shape index (κ3) is 17.9. The Hall–Kier alpha value is -5.27. The summed E-state index contributed by atoms with van der Waals surface area (Å²) >= 11 is 0. The molecule has 4 rings (SSSR count). The van der Waals surface area contributed by atoms with Gasteiger partial charge in [-0.3, -0.25) is 46.5 Å². The smallest absolute Gasteiger partial charge is 0.266 e. The first-order valence-electron chi connectivity index (χ1n) is 22.1. The van der Waals surface area contributed by atoms with Crippen LogP contribution in [0.1, 0.15) is 93.1 Å². The lowest BCUT2D eigenvalue weighted by Gasteiger charge is -2.27. The standard InChI is InChI=1S/C41H56N6O22S6/c1-40(2)32(46(14-6-16-70(52,53)54)30-24-26(36(48)42-10-18-72(58,59)60)22-28(34(30)40)38(50)44-12-20-74(64,65)66)8-5-9-33-41(3,4)35-29(39(51)45-13-21-75(67,68)69)23-27(37(49)43-11-19-73(61,62)63)25-31(35)47(33)15-7-17-71(55,56)57/h5,8-9,22-25H,6-7,10-21H2,1-4H3,(H9-,42,43,44,45,48,49,50,51,52,53,54,55,56,57,58,59,60,61,62,63,64,65,66,67,68,69)/p+1. The molecule has 0 bridgehead atoms. The second-order valence-electron chi connectivity index (χ2n) is 18.1. The van der Waals surface area contributed by atoms with Crippen molar-refractivity contribution in [1.29, 1.82) is 0 Å². The third-order valence-corrected chi connectivity index (χ3v) is 16.1. The van der Waals surface area contributed by atoms with Crippen LogP contribution in [-0.4, -0.2) is 186 Å². The Kier molecular flexibility index (Phi) is 19.5. The van der Waals surface area contributed by atoms with Crippen LogP contribution in [0.2, 0.25) is 0 Å². The van der Waals surface area contributed by atoms with Crippen LogP contribution in [-0.2, 0) is 71.5 Å². The second kappa shape index (κ2) is 23.5. The Bertz CT molecular complexity index is 3430. The van der Waals surface area contributed by atoms with E-state index in [0.717, 1.165) is 12.1 Å². The predicted octanol–water partition coefficient (Wildman–Crippen LogP) is -0.673. The predicted molar refractivity (Wildman–Crippen MR) is 270 cm³/mol. The molecule has 2 aromatic rings. The van der Waals surface area contributed by atoms with Crippen LogP contribution in [0.25, 0.3) is 0 Å². The number of benzene rings is 2. The molecular weight excluding hydrogens is 1120 g/mol. The van der Waals surface area contributed by atoms with Gasteiger partial charge in [-0.05, 0) is 44.5 Å². The lowest BCUT2D eigenvalue weighted by molar-refractivity contribution is -0.437. The number of rotatable bonds is 26. The summed E-state index contributed by atoms with van der Waals surface area (Å²) in [6, 6.07) is 4.79. The van der Waals surface area contributed by atoms with Crippen molar-refractivity contribution >= 4 is 101 Å². The van der Waals surface area contributed by atoms with Crippen molar-refractivity contribution in [2.24, 2.45) is 0 Å². The van der Waals surface area contributed by atoms with E-state index < -0.39 is 156 Å². The first-order chi connectivity index (χ1) is 34.1. The van der Waals surface area contributed by atoms with Crippen molar-refractivity contribution in [2.75, 3.05) is 78.7 Å². The van der Waals surface area contributed by atoms with Crippen molar-refractivity contribution in [3.05, 3.63) is 81.6 Å². The van der Waals surface area contributed by atoms with Gasteiger partial charge in [-0.25, -0.2) is 0 Å². The van der Waals surface area contributed by atoms with Crippen molar-refractivity contribution in [3.63, 3.8) is 0 Å². The summed E-state index contributed by atoms with van der Waals surface area (Å²) in [7, 11) is -27.4. The van der Waals surface area contributed by atoms with Crippen molar-refractivity contribution in [2.45, 2.75) is 51.4 Å². The zero-order valence-electron chi connectivity index (χ0n) is 40.5. The molecule has 28 nitrogen and oxygen atoms in total. The molecule has 0 saturated carbocycles. The molecule has 4 amide bonds. The van der Waals surface area contributed by atoms with Gasteiger partial charge >= 0.3 is 0 Å². The Morgan fingerprint density at radius 1 is 0.520 bits per heavy atom. The molecule has 2 heterocycles. The van der Waals surface area contributed by atoms with E-state index in [2.05, 4.69) is 21.3 Å².